The van der Waals surface area contributed by atoms with Gasteiger partial charge in [0.25, 0.3) is 0 Å². The van der Waals surface area contributed by atoms with Gasteiger partial charge in [0, 0.05) is 24.3 Å². The standard InChI is InChI=1S/C14H25NO3/c1-12(2)9-17-14(18-13(12,3)4)6-5-10(8-15)11(16)7-14/h10H,5-9,15H2,1-4H3. The zero-order valence-electron chi connectivity index (χ0n) is 11.9. The summed E-state index contributed by atoms with van der Waals surface area (Å²) in [5.74, 6) is -0.540. The minimum Gasteiger partial charge on any atom is -0.349 e. The van der Waals surface area contributed by atoms with Crippen molar-refractivity contribution in [3.63, 3.8) is 0 Å². The van der Waals surface area contributed by atoms with Crippen LogP contribution >= 0.6 is 0 Å². The molecule has 2 unspecified atom stereocenters. The topological polar surface area (TPSA) is 61.5 Å². The second-order valence-corrected chi connectivity index (χ2v) is 6.81. The van der Waals surface area contributed by atoms with E-state index in [1.807, 2.05) is 0 Å². The van der Waals surface area contributed by atoms with Gasteiger partial charge >= 0.3 is 0 Å². The monoisotopic (exact) mass is 255 g/mol. The number of ketones is 1. The number of hydrogen-bond acceptors (Lipinski definition) is 4. The third kappa shape index (κ3) is 2.22. The highest BCUT2D eigenvalue weighted by molar-refractivity contribution is 5.82. The fraction of sp³-hybridized carbons (Fsp3) is 0.929. The molecule has 0 bridgehead atoms. The quantitative estimate of drug-likeness (QED) is 0.777. The van der Waals surface area contributed by atoms with Gasteiger partial charge < -0.3 is 15.2 Å². The van der Waals surface area contributed by atoms with Crippen molar-refractivity contribution in [1.82, 2.24) is 0 Å². The molecule has 104 valence electrons. The fourth-order valence-electron chi connectivity index (χ4n) is 2.63. The van der Waals surface area contributed by atoms with E-state index in [0.29, 0.717) is 19.6 Å². The summed E-state index contributed by atoms with van der Waals surface area (Å²) in [6.45, 7) is 9.48. The molecule has 2 rings (SSSR count). The Hall–Kier alpha value is -0.450. The smallest absolute Gasteiger partial charge is 0.175 e. The number of carbonyl (C=O) groups is 1. The first-order valence-electron chi connectivity index (χ1n) is 6.78. The van der Waals surface area contributed by atoms with Crippen molar-refractivity contribution in [3.05, 3.63) is 0 Å². The maximum atomic E-state index is 12.0. The molecule has 1 aliphatic heterocycles. The van der Waals surface area contributed by atoms with Crippen LogP contribution in [-0.4, -0.2) is 30.3 Å². The Bertz CT molecular complexity index is 351. The van der Waals surface area contributed by atoms with E-state index in [4.69, 9.17) is 15.2 Å². The molecule has 2 atom stereocenters. The van der Waals surface area contributed by atoms with Crippen molar-refractivity contribution in [2.45, 2.75) is 58.3 Å². The number of Topliss-reactive ketones (excluding diaryl/α,β-unsaturated/α-hetero) is 1. The lowest BCUT2D eigenvalue weighted by atomic mass is 9.74. The molecule has 0 aromatic rings. The predicted octanol–water partition coefficient (Wildman–Crippen LogP) is 1.86. The summed E-state index contributed by atoms with van der Waals surface area (Å²) in [6, 6.07) is 0. The lowest BCUT2D eigenvalue weighted by Gasteiger charge is -2.54. The summed E-state index contributed by atoms with van der Waals surface area (Å²) >= 11 is 0. The highest BCUT2D eigenvalue weighted by Gasteiger charge is 2.53. The van der Waals surface area contributed by atoms with Crippen LogP contribution in [0.3, 0.4) is 0 Å². The minimum absolute atomic E-state index is 0.0131. The molecule has 1 heterocycles. The van der Waals surface area contributed by atoms with E-state index in [1.54, 1.807) is 0 Å². The minimum atomic E-state index is -0.707. The van der Waals surface area contributed by atoms with Crippen LogP contribution in [0.2, 0.25) is 0 Å². The molecular formula is C14H25NO3. The molecule has 0 aromatic carbocycles. The van der Waals surface area contributed by atoms with Crippen LogP contribution in [0.5, 0.6) is 0 Å². The van der Waals surface area contributed by atoms with E-state index in [9.17, 15) is 4.79 Å². The number of hydrogen-bond donors (Lipinski definition) is 1. The highest BCUT2D eigenvalue weighted by atomic mass is 16.7. The molecule has 2 aliphatic rings. The van der Waals surface area contributed by atoms with E-state index in [-0.39, 0.29) is 22.7 Å². The Balaban J connectivity index is 2.14. The first-order valence-corrected chi connectivity index (χ1v) is 6.78. The van der Waals surface area contributed by atoms with Crippen molar-refractivity contribution < 1.29 is 14.3 Å². The maximum Gasteiger partial charge on any atom is 0.175 e. The van der Waals surface area contributed by atoms with Crippen molar-refractivity contribution >= 4 is 5.78 Å². The summed E-state index contributed by atoms with van der Waals surface area (Å²) in [7, 11) is 0. The Morgan fingerprint density at radius 2 is 2.00 bits per heavy atom. The molecular weight excluding hydrogens is 230 g/mol. The van der Waals surface area contributed by atoms with Crippen LogP contribution in [0, 0.1) is 11.3 Å². The summed E-state index contributed by atoms with van der Waals surface area (Å²) in [6.07, 6.45) is 1.88. The molecule has 0 amide bonds. The Morgan fingerprint density at radius 3 is 2.50 bits per heavy atom. The van der Waals surface area contributed by atoms with E-state index in [0.717, 1.165) is 12.8 Å². The van der Waals surface area contributed by atoms with Gasteiger partial charge in [0.15, 0.2) is 5.79 Å². The molecule has 0 radical (unpaired) electrons. The van der Waals surface area contributed by atoms with Crippen LogP contribution in [-0.2, 0) is 14.3 Å². The molecule has 18 heavy (non-hydrogen) atoms. The van der Waals surface area contributed by atoms with Gasteiger partial charge in [-0.2, -0.15) is 0 Å². The molecule has 1 saturated heterocycles. The number of carbonyl (C=O) groups excluding carboxylic acids is 1. The summed E-state index contributed by atoms with van der Waals surface area (Å²) in [5.41, 5.74) is 5.27. The molecule has 4 nitrogen and oxygen atoms in total. The Labute approximate surface area is 109 Å². The van der Waals surface area contributed by atoms with E-state index < -0.39 is 5.79 Å². The third-order valence-electron chi connectivity index (χ3n) is 4.82. The van der Waals surface area contributed by atoms with Crippen LogP contribution in [0.4, 0.5) is 0 Å². The van der Waals surface area contributed by atoms with Crippen molar-refractivity contribution in [1.29, 1.82) is 0 Å². The van der Waals surface area contributed by atoms with Crippen molar-refractivity contribution in [2.75, 3.05) is 13.2 Å². The molecule has 2 N–H and O–H groups in total. The Morgan fingerprint density at radius 1 is 1.33 bits per heavy atom. The van der Waals surface area contributed by atoms with Gasteiger partial charge in [-0.1, -0.05) is 13.8 Å². The number of ether oxygens (including phenoxy) is 2. The zero-order valence-corrected chi connectivity index (χ0v) is 11.9. The largest absolute Gasteiger partial charge is 0.349 e. The number of nitrogens with two attached hydrogens (primary N) is 1. The third-order valence-corrected chi connectivity index (χ3v) is 4.82. The molecule has 0 aromatic heterocycles. The van der Waals surface area contributed by atoms with E-state index in [1.165, 1.54) is 0 Å². The van der Waals surface area contributed by atoms with Crippen LogP contribution in [0.15, 0.2) is 0 Å². The van der Waals surface area contributed by atoms with Gasteiger partial charge in [-0.05, 0) is 20.3 Å². The van der Waals surface area contributed by atoms with Gasteiger partial charge in [0.05, 0.1) is 18.6 Å². The van der Waals surface area contributed by atoms with Gasteiger partial charge in [0.1, 0.15) is 5.78 Å². The lowest BCUT2D eigenvalue weighted by Crippen LogP contribution is -2.60. The summed E-state index contributed by atoms with van der Waals surface area (Å²) in [4.78, 5) is 12.0. The average Bonchev–Trinajstić information content (AvgIpc) is 2.25. The summed E-state index contributed by atoms with van der Waals surface area (Å²) < 4.78 is 12.1. The second-order valence-electron chi connectivity index (χ2n) is 6.81. The Kier molecular flexibility index (Phi) is 3.33. The molecule has 2 fully saturated rings. The SMILES string of the molecule is CC1(C)COC2(CCC(CN)C(=O)C2)OC1(C)C. The first-order chi connectivity index (χ1) is 8.21. The lowest BCUT2D eigenvalue weighted by molar-refractivity contribution is -0.363. The van der Waals surface area contributed by atoms with Crippen LogP contribution in [0.1, 0.15) is 47.0 Å². The highest BCUT2D eigenvalue weighted by Crippen LogP contribution is 2.47. The van der Waals surface area contributed by atoms with E-state index in [2.05, 4.69) is 27.7 Å². The van der Waals surface area contributed by atoms with Gasteiger partial charge in [-0.25, -0.2) is 0 Å². The second kappa shape index (κ2) is 4.29. The van der Waals surface area contributed by atoms with Gasteiger partial charge in [0.2, 0.25) is 0 Å². The van der Waals surface area contributed by atoms with E-state index >= 15 is 0 Å². The molecule has 1 saturated carbocycles. The fourth-order valence-corrected chi connectivity index (χ4v) is 2.63. The molecule has 1 aliphatic carbocycles. The van der Waals surface area contributed by atoms with Crippen molar-refractivity contribution in [2.24, 2.45) is 17.1 Å². The number of rotatable bonds is 1. The normalized spacial score (nSPS) is 38.9. The summed E-state index contributed by atoms with van der Waals surface area (Å²) in [5, 5.41) is 0. The maximum absolute atomic E-state index is 12.0. The molecule has 1 spiro atoms. The predicted molar refractivity (Wildman–Crippen MR) is 69.0 cm³/mol. The van der Waals surface area contributed by atoms with Gasteiger partial charge in [-0.3, -0.25) is 4.79 Å². The van der Waals surface area contributed by atoms with Crippen LogP contribution < -0.4 is 5.73 Å². The zero-order chi connectivity index (χ0) is 13.6. The van der Waals surface area contributed by atoms with Gasteiger partial charge in [-0.15, -0.1) is 0 Å². The molecule has 4 heteroatoms. The van der Waals surface area contributed by atoms with Crippen LogP contribution in [0.25, 0.3) is 0 Å². The first kappa shape index (κ1) is 14.0. The average molecular weight is 255 g/mol. The van der Waals surface area contributed by atoms with Crippen molar-refractivity contribution in [3.8, 4) is 0 Å².